The first-order valence-electron chi connectivity index (χ1n) is 4.17. The van der Waals surface area contributed by atoms with Gasteiger partial charge in [0.2, 0.25) is 0 Å². The summed E-state index contributed by atoms with van der Waals surface area (Å²) in [6.07, 6.45) is 0. The second kappa shape index (κ2) is 3.39. The Balaban J connectivity index is 4.43. The fourth-order valence-electron chi connectivity index (χ4n) is 1.68. The minimum absolute atomic E-state index is 1.14. The highest BCUT2D eigenvalue weighted by Gasteiger charge is 2.33. The molecule has 0 radical (unpaired) electrons. The van der Waals surface area contributed by atoms with Crippen molar-refractivity contribution in [2.45, 2.75) is 39.3 Å². The maximum Gasteiger partial charge on any atom is 0.127 e. The van der Waals surface area contributed by atoms with Gasteiger partial charge in [0.05, 0.1) is 0 Å². The van der Waals surface area contributed by atoms with Crippen LogP contribution in [0.15, 0.2) is 0 Å². The van der Waals surface area contributed by atoms with Gasteiger partial charge < -0.3 is 0 Å². The predicted molar refractivity (Wildman–Crippen MR) is 57.6 cm³/mol. The monoisotopic (exact) mass is 190 g/mol. The lowest BCUT2D eigenvalue weighted by Crippen LogP contribution is -2.64. The molecule has 2 nitrogen and oxygen atoms in total. The second-order valence-corrected chi connectivity index (χ2v) is 14.9. The van der Waals surface area contributed by atoms with Gasteiger partial charge in [0.25, 0.3) is 0 Å². The van der Waals surface area contributed by atoms with Crippen LogP contribution in [0, 0.1) is 0 Å². The van der Waals surface area contributed by atoms with E-state index in [1.165, 1.54) is 0 Å². The number of nitrogens with zero attached hydrogens (tertiary/aromatic N) is 1. The summed E-state index contributed by atoms with van der Waals surface area (Å²) < 4.78 is 2.53. The minimum Gasteiger partial charge on any atom is -0.287 e. The van der Waals surface area contributed by atoms with Crippen molar-refractivity contribution in [3.05, 3.63) is 0 Å². The van der Waals surface area contributed by atoms with E-state index in [4.69, 9.17) is 0 Å². The van der Waals surface area contributed by atoms with E-state index in [9.17, 15) is 0 Å². The van der Waals surface area contributed by atoms with Gasteiger partial charge in [-0.1, -0.05) is 39.3 Å². The first-order chi connectivity index (χ1) is 4.69. The second-order valence-electron chi connectivity index (χ2n) is 4.90. The van der Waals surface area contributed by atoms with E-state index in [0.29, 0.717) is 0 Å². The largest absolute Gasteiger partial charge is 0.287 e. The highest BCUT2D eigenvalue weighted by molar-refractivity contribution is 6.89. The number of hydrogen-bond acceptors (Lipinski definition) is 2. The van der Waals surface area contributed by atoms with Gasteiger partial charge in [-0.2, -0.15) is 0 Å². The lowest BCUT2D eigenvalue weighted by atomic mass is 11.5. The van der Waals surface area contributed by atoms with Crippen molar-refractivity contribution in [3.8, 4) is 0 Å². The van der Waals surface area contributed by atoms with Crippen LogP contribution < -0.4 is 5.43 Å². The van der Waals surface area contributed by atoms with E-state index in [2.05, 4.69) is 49.0 Å². The molecule has 0 saturated carbocycles. The lowest BCUT2D eigenvalue weighted by Gasteiger charge is -2.42. The van der Waals surface area contributed by atoms with Crippen LogP contribution in [0.3, 0.4) is 0 Å². The summed E-state index contributed by atoms with van der Waals surface area (Å²) in [7, 11) is -0.238. The first kappa shape index (κ1) is 11.4. The number of nitrogens with one attached hydrogen (secondary N) is 1. The van der Waals surface area contributed by atoms with Crippen LogP contribution in [0.2, 0.25) is 39.3 Å². The molecule has 1 N–H and O–H groups in total. The third-order valence-electron chi connectivity index (χ3n) is 1.57. The summed E-state index contributed by atoms with van der Waals surface area (Å²) in [5.74, 6) is 0. The van der Waals surface area contributed by atoms with Gasteiger partial charge in [0, 0.05) is 0 Å². The van der Waals surface area contributed by atoms with Crippen molar-refractivity contribution in [1.29, 1.82) is 0 Å². The molecule has 0 aliphatic heterocycles. The Morgan fingerprint density at radius 2 is 1.09 bits per heavy atom. The molecule has 0 saturated heterocycles. The molecule has 0 aromatic carbocycles. The predicted octanol–water partition coefficient (Wildman–Crippen LogP) is 2.09. The van der Waals surface area contributed by atoms with Crippen LogP contribution >= 0.6 is 0 Å². The van der Waals surface area contributed by atoms with Crippen LogP contribution in [-0.4, -0.2) is 27.9 Å². The molecule has 0 bridgehead atoms. The zero-order chi connectivity index (χ0) is 9.28. The molecular weight excluding hydrogens is 168 g/mol. The third-order valence-corrected chi connectivity index (χ3v) is 8.72. The molecular formula is C7H22N2Si2. The molecule has 0 aromatic heterocycles. The fourth-order valence-corrected chi connectivity index (χ4v) is 11.1. The zero-order valence-electron chi connectivity index (χ0n) is 8.95. The third kappa shape index (κ3) is 3.51. The van der Waals surface area contributed by atoms with E-state index in [0.717, 1.165) is 0 Å². The van der Waals surface area contributed by atoms with Gasteiger partial charge in [-0.15, -0.1) is 0 Å². The van der Waals surface area contributed by atoms with Crippen LogP contribution in [0.1, 0.15) is 0 Å². The van der Waals surface area contributed by atoms with Gasteiger partial charge in [-0.25, -0.2) is 0 Å². The molecule has 0 fully saturated rings. The molecule has 0 aromatic rings. The maximum atomic E-state index is 3.34. The van der Waals surface area contributed by atoms with Crippen molar-refractivity contribution < 1.29 is 0 Å². The number of hydrogen-bond donors (Lipinski definition) is 1. The van der Waals surface area contributed by atoms with Crippen molar-refractivity contribution in [2.75, 3.05) is 7.05 Å². The summed E-state index contributed by atoms with van der Waals surface area (Å²) >= 11 is 0. The van der Waals surface area contributed by atoms with Crippen LogP contribution in [-0.2, 0) is 0 Å². The smallest absolute Gasteiger partial charge is 0.127 e. The van der Waals surface area contributed by atoms with E-state index in [1.807, 2.05) is 7.05 Å². The van der Waals surface area contributed by atoms with Crippen LogP contribution in [0.25, 0.3) is 0 Å². The average molecular weight is 190 g/mol. The average Bonchev–Trinajstić information content (AvgIpc) is 1.56. The zero-order valence-corrected chi connectivity index (χ0v) is 10.9. The van der Waals surface area contributed by atoms with Crippen LogP contribution in [0.4, 0.5) is 0 Å². The van der Waals surface area contributed by atoms with Gasteiger partial charge in [0.1, 0.15) is 16.5 Å². The van der Waals surface area contributed by atoms with Crippen LogP contribution in [0.5, 0.6) is 0 Å². The molecule has 0 rings (SSSR count). The number of rotatable bonds is 3. The van der Waals surface area contributed by atoms with Gasteiger partial charge in [-0.3, -0.25) is 9.77 Å². The molecule has 0 heterocycles. The van der Waals surface area contributed by atoms with Gasteiger partial charge >= 0.3 is 0 Å². The molecule has 0 amide bonds. The molecule has 4 heteroatoms. The normalized spacial score (nSPS) is 14.2. The Morgan fingerprint density at radius 3 is 1.09 bits per heavy atom. The highest BCUT2D eigenvalue weighted by Crippen LogP contribution is 2.15. The topological polar surface area (TPSA) is 15.3 Å². The standard InChI is InChI=1S/C7H22N2Si2/c1-8-9(10(2,3)4)11(5,6)7/h8H,1-7H3. The molecule has 0 atom stereocenters. The Bertz CT molecular complexity index is 109. The SMILES string of the molecule is CNN([Si](C)(C)C)[Si](C)(C)C. The summed E-state index contributed by atoms with van der Waals surface area (Å²) in [6.45, 7) is 14.3. The summed E-state index contributed by atoms with van der Waals surface area (Å²) in [4.78, 5) is 0. The summed E-state index contributed by atoms with van der Waals surface area (Å²) in [6, 6.07) is 0. The fraction of sp³-hybridized carbons (Fsp3) is 1.00. The van der Waals surface area contributed by atoms with Crippen molar-refractivity contribution in [2.24, 2.45) is 0 Å². The summed E-state index contributed by atoms with van der Waals surface area (Å²) in [5, 5.41) is 0. The lowest BCUT2D eigenvalue weighted by molar-refractivity contribution is 0.506. The first-order valence-corrected chi connectivity index (χ1v) is 11.1. The van der Waals surface area contributed by atoms with E-state index in [1.54, 1.807) is 0 Å². The Hall–Kier alpha value is 0.354. The molecule has 0 aliphatic carbocycles. The Labute approximate surface area is 73.1 Å². The van der Waals surface area contributed by atoms with Crippen molar-refractivity contribution in [1.82, 2.24) is 9.77 Å². The molecule has 0 unspecified atom stereocenters. The minimum atomic E-state index is -1.14. The van der Waals surface area contributed by atoms with E-state index < -0.39 is 16.5 Å². The Morgan fingerprint density at radius 1 is 0.818 bits per heavy atom. The van der Waals surface area contributed by atoms with Crippen molar-refractivity contribution in [3.63, 3.8) is 0 Å². The maximum absolute atomic E-state index is 3.34. The van der Waals surface area contributed by atoms with Gasteiger partial charge in [-0.05, 0) is 7.05 Å². The Kier molecular flexibility index (Phi) is 3.50. The van der Waals surface area contributed by atoms with E-state index >= 15 is 0 Å². The van der Waals surface area contributed by atoms with Crippen molar-refractivity contribution >= 4 is 16.5 Å². The molecule has 0 spiro atoms. The van der Waals surface area contributed by atoms with Gasteiger partial charge in [0.15, 0.2) is 0 Å². The molecule has 0 aliphatic rings. The highest BCUT2D eigenvalue weighted by atomic mass is 28.4. The summed E-state index contributed by atoms with van der Waals surface area (Å²) in [5.41, 5.74) is 3.34. The quantitative estimate of drug-likeness (QED) is 0.541. The molecule has 68 valence electrons. The number of hydrazine groups is 1. The van der Waals surface area contributed by atoms with E-state index in [-0.39, 0.29) is 0 Å². The molecule has 11 heavy (non-hydrogen) atoms.